The zero-order valence-corrected chi connectivity index (χ0v) is 15.8. The molecule has 0 amide bonds. The van der Waals surface area contributed by atoms with Crippen molar-refractivity contribution < 1.29 is 29.9 Å². The quantitative estimate of drug-likeness (QED) is 0.480. The maximum Gasteiger partial charge on any atom is 4.00 e. The molecule has 1 aromatic carbocycles. The Labute approximate surface area is 130 Å². The molecule has 0 bridgehead atoms. The molecule has 0 aromatic heterocycles. The fraction of sp³-hybridized carbons (Fsp3) is 0.429. The normalized spacial score (nSPS) is 9.28. The van der Waals surface area contributed by atoms with E-state index in [1.165, 1.54) is 5.56 Å². The van der Waals surface area contributed by atoms with E-state index >= 15 is 0 Å². The number of hydrogen-bond donors (Lipinski definition) is 0. The fourth-order valence-electron chi connectivity index (χ4n) is 1.48. The third-order valence-corrected chi connectivity index (χ3v) is 5.68. The molecule has 1 aromatic rings. The minimum atomic E-state index is -1.83. The van der Waals surface area contributed by atoms with Gasteiger partial charge in [0.25, 0.3) is 0 Å². The van der Waals surface area contributed by atoms with Crippen LogP contribution in [0.15, 0.2) is 24.3 Å². The first-order valence-electron chi connectivity index (χ1n) is 5.01. The van der Waals surface area contributed by atoms with Gasteiger partial charge in [0, 0.05) is 14.2 Å². The standard InChI is InChI=1S/C11H19O2Si.3CH3.Pt/c1-12-14(3,13-2)10-6-9-11-7-4-5-8-11;;;;/h4-5,7-8H,6,9-10H2,1-3H3;3*1H3;/q4*-1;+4. The van der Waals surface area contributed by atoms with Crippen LogP contribution in [0.25, 0.3) is 0 Å². The largest absolute Gasteiger partial charge is 4.00 e. The summed E-state index contributed by atoms with van der Waals surface area (Å²) >= 11 is 0. The minimum Gasteiger partial charge on any atom is -0.398 e. The van der Waals surface area contributed by atoms with Gasteiger partial charge in [0.2, 0.25) is 0 Å². The molecule has 2 nitrogen and oxygen atoms in total. The maximum absolute atomic E-state index is 5.42. The topological polar surface area (TPSA) is 18.5 Å². The van der Waals surface area contributed by atoms with Crippen LogP contribution in [0, 0.1) is 22.3 Å². The summed E-state index contributed by atoms with van der Waals surface area (Å²) in [5.74, 6) is 0. The van der Waals surface area contributed by atoms with Gasteiger partial charge in [-0.3, -0.25) is 0 Å². The van der Waals surface area contributed by atoms with E-state index in [9.17, 15) is 0 Å². The summed E-state index contributed by atoms with van der Waals surface area (Å²) in [7, 11) is 1.67. The van der Waals surface area contributed by atoms with Gasteiger partial charge in [0.1, 0.15) is 0 Å². The van der Waals surface area contributed by atoms with Gasteiger partial charge in [0.15, 0.2) is 0 Å². The van der Waals surface area contributed by atoms with Crippen molar-refractivity contribution in [1.29, 1.82) is 0 Å². The molecule has 0 N–H and O–H groups in total. The van der Waals surface area contributed by atoms with Crippen molar-refractivity contribution in [3.63, 3.8) is 0 Å². The smallest absolute Gasteiger partial charge is 0.398 e. The molecule has 1 rings (SSSR count). The van der Waals surface area contributed by atoms with Crippen LogP contribution in [0.4, 0.5) is 0 Å². The summed E-state index contributed by atoms with van der Waals surface area (Å²) in [6, 6.07) is 9.55. The third kappa shape index (κ3) is 9.15. The van der Waals surface area contributed by atoms with Crippen LogP contribution in [0.1, 0.15) is 12.0 Å². The van der Waals surface area contributed by atoms with Crippen molar-refractivity contribution in [2.75, 3.05) is 14.2 Å². The predicted molar refractivity (Wildman–Crippen MR) is 80.0 cm³/mol. The Morgan fingerprint density at radius 1 is 1.00 bits per heavy atom. The first kappa shape index (κ1) is 26.7. The van der Waals surface area contributed by atoms with E-state index in [0.717, 1.165) is 18.9 Å². The van der Waals surface area contributed by atoms with Crippen LogP contribution in [0.3, 0.4) is 0 Å². The van der Waals surface area contributed by atoms with Crippen molar-refractivity contribution in [2.24, 2.45) is 0 Å². The number of rotatable bonds is 6. The van der Waals surface area contributed by atoms with Crippen molar-refractivity contribution in [2.45, 2.75) is 25.4 Å². The van der Waals surface area contributed by atoms with Crippen LogP contribution in [-0.4, -0.2) is 22.8 Å². The molecule has 0 unspecified atom stereocenters. The van der Waals surface area contributed by atoms with Gasteiger partial charge < -0.3 is 31.1 Å². The Balaban J connectivity index is -0.000000245. The molecular weight excluding hydrogens is 423 g/mol. The minimum absolute atomic E-state index is 0. The van der Waals surface area contributed by atoms with Crippen molar-refractivity contribution >= 4 is 8.56 Å². The predicted octanol–water partition coefficient (Wildman–Crippen LogP) is 4.05. The molecule has 0 fully saturated rings. The molecule has 18 heavy (non-hydrogen) atoms. The second kappa shape index (κ2) is 13.6. The summed E-state index contributed by atoms with van der Waals surface area (Å²) in [5, 5.41) is 0. The summed E-state index contributed by atoms with van der Waals surface area (Å²) in [4.78, 5) is 0. The second-order valence-electron chi connectivity index (χ2n) is 3.69. The maximum atomic E-state index is 5.42. The van der Waals surface area contributed by atoms with E-state index in [1.807, 2.05) is 0 Å². The monoisotopic (exact) mass is 451 g/mol. The van der Waals surface area contributed by atoms with Gasteiger partial charge in [-0.2, -0.15) is 17.7 Å². The second-order valence-corrected chi connectivity index (χ2v) is 7.27. The molecule has 0 aliphatic rings. The van der Waals surface area contributed by atoms with E-state index in [-0.39, 0.29) is 43.3 Å². The molecule has 110 valence electrons. The number of hydrogen-bond acceptors (Lipinski definition) is 2. The molecule has 0 radical (unpaired) electrons. The summed E-state index contributed by atoms with van der Waals surface area (Å²) in [6.07, 6.45) is 2.27. The average Bonchev–Trinajstić information content (AvgIpc) is 2.70. The van der Waals surface area contributed by atoms with Gasteiger partial charge in [0.05, 0.1) is 0 Å². The Morgan fingerprint density at radius 3 is 1.83 bits per heavy atom. The van der Waals surface area contributed by atoms with Crippen molar-refractivity contribution in [3.8, 4) is 0 Å². The Morgan fingerprint density at radius 2 is 1.44 bits per heavy atom. The summed E-state index contributed by atoms with van der Waals surface area (Å²) in [6.45, 7) is 2.11. The fourth-order valence-corrected chi connectivity index (χ4v) is 2.88. The molecule has 0 aliphatic carbocycles. The molecule has 0 saturated carbocycles. The molecule has 0 heterocycles. The first-order valence-corrected chi connectivity index (χ1v) is 7.53. The van der Waals surface area contributed by atoms with E-state index in [1.54, 1.807) is 14.2 Å². The number of aryl methyl sites for hydroxylation is 1. The molecule has 0 aliphatic heterocycles. The molecule has 0 saturated heterocycles. The van der Waals surface area contributed by atoms with Crippen LogP contribution in [0.2, 0.25) is 12.6 Å². The van der Waals surface area contributed by atoms with Crippen LogP contribution < -0.4 is 0 Å². The van der Waals surface area contributed by atoms with Gasteiger partial charge in [-0.25, -0.2) is 12.1 Å². The van der Waals surface area contributed by atoms with E-state index in [2.05, 4.69) is 30.8 Å². The SMILES string of the molecule is CO[Si](C)(CCC[c-]1cccc1)OC.[CH3-].[CH3-].[CH3-].[Pt+4]. The van der Waals surface area contributed by atoms with Crippen molar-refractivity contribution in [1.82, 2.24) is 0 Å². The van der Waals surface area contributed by atoms with Gasteiger partial charge >= 0.3 is 29.6 Å². The molecular formula is C14H28O2PtSi. The van der Waals surface area contributed by atoms with E-state index in [4.69, 9.17) is 8.85 Å². The average molecular weight is 452 g/mol. The van der Waals surface area contributed by atoms with Crippen LogP contribution >= 0.6 is 0 Å². The Hall–Kier alpha value is 0.175. The van der Waals surface area contributed by atoms with Gasteiger partial charge in [-0.1, -0.05) is 12.8 Å². The third-order valence-electron chi connectivity index (χ3n) is 2.69. The van der Waals surface area contributed by atoms with Gasteiger partial charge in [-0.05, 0) is 12.6 Å². The van der Waals surface area contributed by atoms with Gasteiger partial charge in [-0.15, -0.1) is 0 Å². The van der Waals surface area contributed by atoms with Crippen molar-refractivity contribution in [3.05, 3.63) is 52.1 Å². The first-order chi connectivity index (χ1) is 6.70. The zero-order chi connectivity index (χ0) is 10.4. The molecule has 0 spiro atoms. The summed E-state index contributed by atoms with van der Waals surface area (Å²) < 4.78 is 10.8. The summed E-state index contributed by atoms with van der Waals surface area (Å²) in [5.41, 5.74) is 1.41. The van der Waals surface area contributed by atoms with Crippen LogP contribution in [0.5, 0.6) is 0 Å². The van der Waals surface area contributed by atoms with E-state index in [0.29, 0.717) is 0 Å². The molecule has 0 atom stereocenters. The van der Waals surface area contributed by atoms with E-state index < -0.39 is 8.56 Å². The Bertz CT molecular complexity index is 246. The van der Waals surface area contributed by atoms with Crippen LogP contribution in [-0.2, 0) is 36.3 Å². The molecule has 4 heteroatoms. The zero-order valence-electron chi connectivity index (χ0n) is 12.6. The Kier molecular flexibility index (Phi) is 20.2.